The molecule has 0 saturated heterocycles. The molecular formula is C11H19N. The second-order valence-corrected chi connectivity index (χ2v) is 2.96. The lowest BCUT2D eigenvalue weighted by atomic mass is 10.1. The fraction of sp³-hybridized carbons (Fsp3) is 0.455. The lowest BCUT2D eigenvalue weighted by molar-refractivity contribution is 0.517. The molecule has 0 heterocycles. The summed E-state index contributed by atoms with van der Waals surface area (Å²) in [5.41, 5.74) is 3.57. The number of allylic oxidation sites excluding steroid dienone is 4. The lowest BCUT2D eigenvalue weighted by Crippen LogP contribution is -2.13. The smallest absolute Gasteiger partial charge is 0.0174 e. The van der Waals surface area contributed by atoms with Crippen LogP contribution in [0.15, 0.2) is 36.2 Å². The molecular weight excluding hydrogens is 146 g/mol. The van der Waals surface area contributed by atoms with Crippen molar-refractivity contribution in [3.05, 3.63) is 36.2 Å². The third-order valence-corrected chi connectivity index (χ3v) is 2.17. The minimum atomic E-state index is 1.02. The van der Waals surface area contributed by atoms with Crippen molar-refractivity contribution in [1.29, 1.82) is 0 Å². The monoisotopic (exact) mass is 165 g/mol. The maximum absolute atomic E-state index is 3.88. The van der Waals surface area contributed by atoms with Crippen LogP contribution in [0.25, 0.3) is 0 Å². The molecule has 0 aromatic carbocycles. The van der Waals surface area contributed by atoms with E-state index in [0.29, 0.717) is 0 Å². The fourth-order valence-corrected chi connectivity index (χ4v) is 1.05. The molecule has 0 unspecified atom stereocenters. The zero-order chi connectivity index (χ0) is 9.72. The van der Waals surface area contributed by atoms with Crippen LogP contribution < -0.4 is 0 Å². The van der Waals surface area contributed by atoms with Gasteiger partial charge in [-0.1, -0.05) is 26.2 Å². The first-order valence-corrected chi connectivity index (χ1v) is 4.26. The van der Waals surface area contributed by atoms with Gasteiger partial charge in [0.1, 0.15) is 0 Å². The Balaban J connectivity index is 4.73. The molecule has 1 nitrogen and oxygen atoms in total. The predicted octanol–water partition coefficient (Wildman–Crippen LogP) is 3.32. The van der Waals surface area contributed by atoms with E-state index in [1.807, 2.05) is 20.0 Å². The van der Waals surface area contributed by atoms with Gasteiger partial charge in [-0.25, -0.2) is 0 Å². The summed E-state index contributed by atoms with van der Waals surface area (Å²) in [5.74, 6) is 0. The minimum absolute atomic E-state index is 1.02. The minimum Gasteiger partial charge on any atom is -0.353 e. The molecule has 0 bridgehead atoms. The van der Waals surface area contributed by atoms with Gasteiger partial charge in [-0.3, -0.25) is 0 Å². The van der Waals surface area contributed by atoms with Crippen LogP contribution >= 0.6 is 0 Å². The predicted molar refractivity (Wildman–Crippen MR) is 55.8 cm³/mol. The molecule has 1 heteroatoms. The van der Waals surface area contributed by atoms with Crippen molar-refractivity contribution in [2.45, 2.75) is 27.2 Å². The Hall–Kier alpha value is -0.980. The molecule has 0 fully saturated rings. The van der Waals surface area contributed by atoms with E-state index in [1.165, 1.54) is 11.3 Å². The van der Waals surface area contributed by atoms with Gasteiger partial charge in [0, 0.05) is 18.4 Å². The molecule has 12 heavy (non-hydrogen) atoms. The first-order chi connectivity index (χ1) is 5.54. The van der Waals surface area contributed by atoms with Gasteiger partial charge >= 0.3 is 0 Å². The van der Waals surface area contributed by atoms with E-state index in [2.05, 4.69) is 31.9 Å². The number of hydrogen-bond acceptors (Lipinski definition) is 1. The Morgan fingerprint density at radius 2 is 1.92 bits per heavy atom. The second kappa shape index (κ2) is 4.81. The molecule has 0 rings (SSSR count). The highest BCUT2D eigenvalue weighted by Gasteiger charge is 2.02. The van der Waals surface area contributed by atoms with Crippen molar-refractivity contribution in [2.75, 3.05) is 7.05 Å². The van der Waals surface area contributed by atoms with Crippen LogP contribution in [-0.4, -0.2) is 11.9 Å². The summed E-state index contributed by atoms with van der Waals surface area (Å²) in [4.78, 5) is 2.08. The molecule has 68 valence electrons. The fourth-order valence-electron chi connectivity index (χ4n) is 1.05. The second-order valence-electron chi connectivity index (χ2n) is 2.96. The van der Waals surface area contributed by atoms with Crippen molar-refractivity contribution in [1.82, 2.24) is 4.90 Å². The Morgan fingerprint density at radius 3 is 2.17 bits per heavy atom. The van der Waals surface area contributed by atoms with Crippen LogP contribution in [-0.2, 0) is 0 Å². The van der Waals surface area contributed by atoms with Gasteiger partial charge in [-0.05, 0) is 25.8 Å². The summed E-state index contributed by atoms with van der Waals surface area (Å²) in [7, 11) is 2.02. The molecule has 0 aliphatic carbocycles. The Bertz CT molecular complexity index is 211. The first-order valence-electron chi connectivity index (χ1n) is 4.26. The quantitative estimate of drug-likeness (QED) is 0.578. The average molecular weight is 165 g/mol. The zero-order valence-corrected chi connectivity index (χ0v) is 8.65. The van der Waals surface area contributed by atoms with Crippen LogP contribution in [0.4, 0.5) is 0 Å². The number of hydrogen-bond donors (Lipinski definition) is 0. The summed E-state index contributed by atoms with van der Waals surface area (Å²) < 4.78 is 0. The summed E-state index contributed by atoms with van der Waals surface area (Å²) in [5, 5.41) is 0. The Morgan fingerprint density at radius 1 is 1.42 bits per heavy atom. The normalized spacial score (nSPS) is 12.0. The van der Waals surface area contributed by atoms with Gasteiger partial charge in [0.25, 0.3) is 0 Å². The standard InChI is InChI=1S/C11H19N/c1-7-11(8-2)10(5)12(6)9(3)4/h7H,1,3,8H2,2,4-6H3/b11-10+. The molecule has 0 saturated carbocycles. The van der Waals surface area contributed by atoms with E-state index in [-0.39, 0.29) is 0 Å². The number of nitrogens with zero attached hydrogens (tertiary/aromatic N) is 1. The molecule has 0 aromatic heterocycles. The van der Waals surface area contributed by atoms with Crippen molar-refractivity contribution in [2.24, 2.45) is 0 Å². The van der Waals surface area contributed by atoms with Crippen LogP contribution in [0, 0.1) is 0 Å². The summed E-state index contributed by atoms with van der Waals surface area (Å²) in [6.45, 7) is 13.9. The molecule has 0 radical (unpaired) electrons. The third kappa shape index (κ3) is 2.57. The van der Waals surface area contributed by atoms with E-state index in [1.54, 1.807) is 0 Å². The zero-order valence-electron chi connectivity index (χ0n) is 8.65. The van der Waals surface area contributed by atoms with Crippen LogP contribution in [0.5, 0.6) is 0 Å². The van der Waals surface area contributed by atoms with E-state index in [9.17, 15) is 0 Å². The molecule has 0 N–H and O–H groups in total. The van der Waals surface area contributed by atoms with Crippen LogP contribution in [0.3, 0.4) is 0 Å². The molecule has 0 aliphatic rings. The topological polar surface area (TPSA) is 3.24 Å². The Kier molecular flexibility index (Phi) is 4.42. The third-order valence-electron chi connectivity index (χ3n) is 2.17. The molecule has 0 atom stereocenters. The SMILES string of the molecule is C=C/C(CC)=C(/C)N(C)C(=C)C. The van der Waals surface area contributed by atoms with Crippen molar-refractivity contribution in [3.8, 4) is 0 Å². The van der Waals surface area contributed by atoms with E-state index < -0.39 is 0 Å². The maximum Gasteiger partial charge on any atom is 0.0174 e. The summed E-state index contributed by atoms with van der Waals surface area (Å²) >= 11 is 0. The molecule has 0 aromatic rings. The largest absolute Gasteiger partial charge is 0.353 e. The number of rotatable bonds is 4. The molecule has 0 spiro atoms. The van der Waals surface area contributed by atoms with E-state index in [0.717, 1.165) is 12.1 Å². The highest BCUT2D eigenvalue weighted by Crippen LogP contribution is 2.15. The highest BCUT2D eigenvalue weighted by molar-refractivity contribution is 5.23. The van der Waals surface area contributed by atoms with Crippen molar-refractivity contribution >= 4 is 0 Å². The highest BCUT2D eigenvalue weighted by atomic mass is 15.1. The van der Waals surface area contributed by atoms with E-state index in [4.69, 9.17) is 0 Å². The van der Waals surface area contributed by atoms with Gasteiger partial charge in [-0.15, -0.1) is 0 Å². The van der Waals surface area contributed by atoms with Gasteiger partial charge in [-0.2, -0.15) is 0 Å². The first kappa shape index (κ1) is 11.0. The van der Waals surface area contributed by atoms with Crippen molar-refractivity contribution in [3.63, 3.8) is 0 Å². The average Bonchev–Trinajstić information content (AvgIpc) is 2.05. The van der Waals surface area contributed by atoms with Gasteiger partial charge in [0.2, 0.25) is 0 Å². The summed E-state index contributed by atoms with van der Waals surface area (Å²) in [6, 6.07) is 0. The lowest BCUT2D eigenvalue weighted by Gasteiger charge is -2.21. The molecule has 0 aliphatic heterocycles. The summed E-state index contributed by atoms with van der Waals surface area (Å²) in [6.07, 6.45) is 2.93. The van der Waals surface area contributed by atoms with Crippen molar-refractivity contribution < 1.29 is 0 Å². The van der Waals surface area contributed by atoms with Gasteiger partial charge in [0.15, 0.2) is 0 Å². The Labute approximate surface area is 76.1 Å². The maximum atomic E-state index is 3.88. The van der Waals surface area contributed by atoms with E-state index >= 15 is 0 Å². The van der Waals surface area contributed by atoms with Gasteiger partial charge in [0.05, 0.1) is 0 Å². The van der Waals surface area contributed by atoms with Crippen LogP contribution in [0.1, 0.15) is 27.2 Å². The molecule has 0 amide bonds. The van der Waals surface area contributed by atoms with Crippen LogP contribution in [0.2, 0.25) is 0 Å². The van der Waals surface area contributed by atoms with Gasteiger partial charge < -0.3 is 4.90 Å².